The summed E-state index contributed by atoms with van der Waals surface area (Å²) in [5.41, 5.74) is -0.727. The van der Waals surface area contributed by atoms with Crippen LogP contribution in [0.3, 0.4) is 0 Å². The van der Waals surface area contributed by atoms with Gasteiger partial charge in [-0.1, -0.05) is 0 Å². The SMILES string of the molecule is CC(C)N1C(=O)N[C@](C)([C@@H]2CCCNC2)C1=O. The number of amides is 3. The van der Waals surface area contributed by atoms with Crippen LogP contribution in [0.25, 0.3) is 0 Å². The van der Waals surface area contributed by atoms with E-state index in [1.807, 2.05) is 20.8 Å². The van der Waals surface area contributed by atoms with Crippen molar-refractivity contribution in [1.29, 1.82) is 0 Å². The molecule has 0 aromatic heterocycles. The normalized spacial score (nSPS) is 34.4. The Morgan fingerprint density at radius 2 is 2.12 bits per heavy atom. The largest absolute Gasteiger partial charge is 0.325 e. The van der Waals surface area contributed by atoms with E-state index in [9.17, 15) is 9.59 Å². The second-order valence-electron chi connectivity index (χ2n) is 5.44. The zero-order valence-corrected chi connectivity index (χ0v) is 10.7. The van der Waals surface area contributed by atoms with Gasteiger partial charge in [-0.05, 0) is 40.2 Å². The van der Waals surface area contributed by atoms with E-state index < -0.39 is 5.54 Å². The summed E-state index contributed by atoms with van der Waals surface area (Å²) in [5, 5.41) is 6.17. The molecule has 5 heteroatoms. The van der Waals surface area contributed by atoms with Gasteiger partial charge >= 0.3 is 6.03 Å². The van der Waals surface area contributed by atoms with Gasteiger partial charge in [-0.3, -0.25) is 9.69 Å². The van der Waals surface area contributed by atoms with Crippen molar-refractivity contribution >= 4 is 11.9 Å². The van der Waals surface area contributed by atoms with Gasteiger partial charge in [-0.2, -0.15) is 0 Å². The average molecular weight is 239 g/mol. The van der Waals surface area contributed by atoms with E-state index in [4.69, 9.17) is 0 Å². The summed E-state index contributed by atoms with van der Waals surface area (Å²) in [6, 6.07) is -0.334. The average Bonchev–Trinajstić information content (AvgIpc) is 2.52. The maximum absolute atomic E-state index is 12.4. The molecule has 2 rings (SSSR count). The molecule has 0 spiro atoms. The molecule has 3 amide bonds. The maximum atomic E-state index is 12.4. The Balaban J connectivity index is 2.21. The van der Waals surface area contributed by atoms with Crippen molar-refractivity contribution in [2.24, 2.45) is 5.92 Å². The molecule has 0 aromatic rings. The first kappa shape index (κ1) is 12.4. The summed E-state index contributed by atoms with van der Waals surface area (Å²) >= 11 is 0. The van der Waals surface area contributed by atoms with E-state index in [1.165, 1.54) is 4.90 Å². The molecule has 17 heavy (non-hydrogen) atoms. The highest BCUT2D eigenvalue weighted by molar-refractivity contribution is 6.07. The summed E-state index contributed by atoms with van der Waals surface area (Å²) in [5.74, 6) is 0.114. The van der Waals surface area contributed by atoms with Crippen molar-refractivity contribution < 1.29 is 9.59 Å². The molecular weight excluding hydrogens is 218 g/mol. The van der Waals surface area contributed by atoms with Crippen LogP contribution in [0.15, 0.2) is 0 Å². The molecule has 5 nitrogen and oxygen atoms in total. The Bertz CT molecular complexity index is 337. The molecule has 2 heterocycles. The summed E-state index contributed by atoms with van der Waals surface area (Å²) in [4.78, 5) is 25.6. The van der Waals surface area contributed by atoms with Crippen LogP contribution in [0.2, 0.25) is 0 Å². The fourth-order valence-electron chi connectivity index (χ4n) is 2.77. The first-order valence-electron chi connectivity index (χ1n) is 6.33. The molecule has 0 unspecified atom stereocenters. The van der Waals surface area contributed by atoms with Crippen molar-refractivity contribution in [3.8, 4) is 0 Å². The van der Waals surface area contributed by atoms with Gasteiger partial charge in [0.15, 0.2) is 0 Å². The number of nitrogens with zero attached hydrogens (tertiary/aromatic N) is 1. The van der Waals surface area contributed by atoms with Crippen LogP contribution in [0.5, 0.6) is 0 Å². The van der Waals surface area contributed by atoms with Crippen molar-refractivity contribution in [2.45, 2.75) is 45.2 Å². The Kier molecular flexibility index (Phi) is 3.12. The molecular formula is C12H21N3O2. The minimum Gasteiger partial charge on any atom is -0.323 e. The van der Waals surface area contributed by atoms with Crippen LogP contribution in [0.4, 0.5) is 4.79 Å². The number of carbonyl (C=O) groups is 2. The van der Waals surface area contributed by atoms with Gasteiger partial charge < -0.3 is 10.6 Å². The lowest BCUT2D eigenvalue weighted by molar-refractivity contribution is -0.133. The number of urea groups is 1. The third kappa shape index (κ3) is 1.92. The Hall–Kier alpha value is -1.10. The lowest BCUT2D eigenvalue weighted by atomic mass is 9.80. The van der Waals surface area contributed by atoms with Crippen LogP contribution >= 0.6 is 0 Å². The van der Waals surface area contributed by atoms with Gasteiger partial charge in [-0.15, -0.1) is 0 Å². The van der Waals surface area contributed by atoms with Crippen LogP contribution in [0, 0.1) is 5.92 Å². The van der Waals surface area contributed by atoms with E-state index in [0.717, 1.165) is 25.9 Å². The van der Waals surface area contributed by atoms with E-state index in [0.29, 0.717) is 0 Å². The number of carbonyl (C=O) groups excluding carboxylic acids is 2. The number of rotatable bonds is 2. The summed E-state index contributed by atoms with van der Waals surface area (Å²) in [7, 11) is 0. The van der Waals surface area contributed by atoms with Gasteiger partial charge in [0.2, 0.25) is 0 Å². The first-order valence-corrected chi connectivity index (χ1v) is 6.33. The zero-order chi connectivity index (χ0) is 12.6. The zero-order valence-electron chi connectivity index (χ0n) is 10.7. The third-order valence-corrected chi connectivity index (χ3v) is 3.88. The first-order chi connectivity index (χ1) is 7.97. The fraction of sp³-hybridized carbons (Fsp3) is 0.833. The fourth-order valence-corrected chi connectivity index (χ4v) is 2.77. The van der Waals surface area contributed by atoms with E-state index in [-0.39, 0.29) is 23.9 Å². The highest BCUT2D eigenvalue weighted by atomic mass is 16.2. The van der Waals surface area contributed by atoms with Crippen molar-refractivity contribution in [1.82, 2.24) is 15.5 Å². The lowest BCUT2D eigenvalue weighted by Gasteiger charge is -2.35. The van der Waals surface area contributed by atoms with Crippen molar-refractivity contribution in [3.63, 3.8) is 0 Å². The van der Waals surface area contributed by atoms with Crippen molar-refractivity contribution in [2.75, 3.05) is 13.1 Å². The minimum absolute atomic E-state index is 0.0776. The molecule has 0 saturated carbocycles. The number of piperidine rings is 1. The molecule has 2 aliphatic rings. The van der Waals surface area contributed by atoms with Gasteiger partial charge in [-0.25, -0.2) is 4.79 Å². The summed E-state index contributed by atoms with van der Waals surface area (Å²) in [6.07, 6.45) is 2.05. The van der Waals surface area contributed by atoms with E-state index in [1.54, 1.807) is 0 Å². The van der Waals surface area contributed by atoms with Gasteiger partial charge in [0, 0.05) is 18.5 Å². The van der Waals surface area contributed by atoms with Gasteiger partial charge in [0.25, 0.3) is 5.91 Å². The number of hydrogen-bond acceptors (Lipinski definition) is 3. The van der Waals surface area contributed by atoms with Gasteiger partial charge in [0.1, 0.15) is 5.54 Å². The monoisotopic (exact) mass is 239 g/mol. The Morgan fingerprint density at radius 3 is 2.59 bits per heavy atom. The van der Waals surface area contributed by atoms with Gasteiger partial charge in [0.05, 0.1) is 0 Å². The van der Waals surface area contributed by atoms with Crippen LogP contribution < -0.4 is 10.6 Å². The maximum Gasteiger partial charge on any atom is 0.325 e. The second-order valence-corrected chi connectivity index (χ2v) is 5.44. The lowest BCUT2D eigenvalue weighted by Crippen LogP contribution is -2.55. The standard InChI is InChI=1S/C12H21N3O2/c1-8(2)15-10(16)12(3,14-11(15)17)9-5-4-6-13-7-9/h8-9,13H,4-7H2,1-3H3,(H,14,17)/t9-,12-/m1/s1. The minimum atomic E-state index is -0.727. The van der Waals surface area contributed by atoms with E-state index >= 15 is 0 Å². The van der Waals surface area contributed by atoms with Crippen molar-refractivity contribution in [3.05, 3.63) is 0 Å². The van der Waals surface area contributed by atoms with Crippen LogP contribution in [-0.4, -0.2) is 41.5 Å². The molecule has 2 fully saturated rings. The highest BCUT2D eigenvalue weighted by Crippen LogP contribution is 2.31. The molecule has 0 bridgehead atoms. The quantitative estimate of drug-likeness (QED) is 0.697. The molecule has 96 valence electrons. The smallest absolute Gasteiger partial charge is 0.323 e. The molecule has 0 aliphatic carbocycles. The molecule has 0 aromatic carbocycles. The van der Waals surface area contributed by atoms with E-state index in [2.05, 4.69) is 10.6 Å². The predicted molar refractivity (Wildman–Crippen MR) is 64.5 cm³/mol. The topological polar surface area (TPSA) is 61.4 Å². The number of hydrogen-bond donors (Lipinski definition) is 2. The number of nitrogens with one attached hydrogen (secondary N) is 2. The highest BCUT2D eigenvalue weighted by Gasteiger charge is 2.52. The van der Waals surface area contributed by atoms with Crippen LogP contribution in [-0.2, 0) is 4.79 Å². The van der Waals surface area contributed by atoms with Crippen LogP contribution in [0.1, 0.15) is 33.6 Å². The summed E-state index contributed by atoms with van der Waals surface area (Å²) in [6.45, 7) is 7.38. The number of imide groups is 1. The molecule has 2 aliphatic heterocycles. The Morgan fingerprint density at radius 1 is 1.41 bits per heavy atom. The Labute approximate surface area is 102 Å². The third-order valence-electron chi connectivity index (χ3n) is 3.88. The molecule has 2 N–H and O–H groups in total. The molecule has 2 saturated heterocycles. The molecule has 2 atom stereocenters. The second kappa shape index (κ2) is 4.29. The summed E-state index contributed by atoms with van der Waals surface area (Å²) < 4.78 is 0. The molecule has 0 radical (unpaired) electrons. The predicted octanol–water partition coefficient (Wildman–Crippen LogP) is 0.705.